The molecule has 0 radical (unpaired) electrons. The summed E-state index contributed by atoms with van der Waals surface area (Å²) in [6, 6.07) is -0.0155. The zero-order valence-electron chi connectivity index (χ0n) is 12.1. The molecule has 0 saturated carbocycles. The van der Waals surface area contributed by atoms with Crippen LogP contribution >= 0.6 is 0 Å². The van der Waals surface area contributed by atoms with E-state index in [0.717, 1.165) is 13.0 Å². The molecule has 1 rings (SSSR count). The van der Waals surface area contributed by atoms with Gasteiger partial charge in [0.15, 0.2) is 0 Å². The first-order chi connectivity index (χ1) is 8.80. The van der Waals surface area contributed by atoms with Gasteiger partial charge in [0.1, 0.15) is 5.60 Å². The number of ether oxygens (including phenoxy) is 2. The Hall–Kier alpha value is -1.30. The van der Waals surface area contributed by atoms with Crippen molar-refractivity contribution in [3.63, 3.8) is 0 Å². The van der Waals surface area contributed by atoms with Crippen molar-refractivity contribution in [1.29, 1.82) is 0 Å². The van der Waals surface area contributed by atoms with Crippen LogP contribution in [0.15, 0.2) is 0 Å². The summed E-state index contributed by atoms with van der Waals surface area (Å²) in [5.41, 5.74) is -0.502. The fraction of sp³-hybridized carbons (Fsp3) is 0.846. The molecule has 1 saturated heterocycles. The molecule has 110 valence electrons. The Kier molecular flexibility index (Phi) is 5.60. The van der Waals surface area contributed by atoms with Gasteiger partial charge in [0.05, 0.1) is 7.11 Å². The van der Waals surface area contributed by atoms with Crippen LogP contribution in [0.25, 0.3) is 0 Å². The summed E-state index contributed by atoms with van der Waals surface area (Å²) in [6.07, 6.45) is 0.704. The molecule has 1 amide bonds. The maximum absolute atomic E-state index is 11.7. The van der Waals surface area contributed by atoms with Crippen molar-refractivity contribution in [2.45, 2.75) is 45.3 Å². The topological polar surface area (TPSA) is 76.7 Å². The summed E-state index contributed by atoms with van der Waals surface area (Å²) in [5.74, 6) is -0.0362. The van der Waals surface area contributed by atoms with Crippen molar-refractivity contribution in [3.05, 3.63) is 0 Å². The predicted molar refractivity (Wildman–Crippen MR) is 70.8 cm³/mol. The summed E-state index contributed by atoms with van der Waals surface area (Å²) >= 11 is 0. The fourth-order valence-electron chi connectivity index (χ4n) is 2.09. The molecule has 0 spiro atoms. The maximum Gasteiger partial charge on any atom is 0.407 e. The third-order valence-electron chi connectivity index (χ3n) is 2.85. The number of rotatable bonds is 3. The molecule has 1 heterocycles. The van der Waals surface area contributed by atoms with Gasteiger partial charge in [-0.1, -0.05) is 0 Å². The van der Waals surface area contributed by atoms with Gasteiger partial charge in [-0.3, -0.25) is 4.79 Å². The zero-order chi connectivity index (χ0) is 14.5. The van der Waals surface area contributed by atoms with E-state index in [4.69, 9.17) is 4.74 Å². The highest BCUT2D eigenvalue weighted by molar-refractivity contribution is 5.70. The summed E-state index contributed by atoms with van der Waals surface area (Å²) < 4.78 is 9.86. The van der Waals surface area contributed by atoms with E-state index in [1.54, 1.807) is 0 Å². The van der Waals surface area contributed by atoms with Gasteiger partial charge in [-0.05, 0) is 39.7 Å². The van der Waals surface area contributed by atoms with Gasteiger partial charge >= 0.3 is 12.1 Å². The fourth-order valence-corrected chi connectivity index (χ4v) is 2.09. The lowest BCUT2D eigenvalue weighted by atomic mass is 9.93. The Labute approximate surface area is 114 Å². The first kappa shape index (κ1) is 15.8. The normalized spacial score (nSPS) is 23.6. The second-order valence-electron chi connectivity index (χ2n) is 5.88. The van der Waals surface area contributed by atoms with Crippen molar-refractivity contribution in [2.24, 2.45) is 5.92 Å². The van der Waals surface area contributed by atoms with Gasteiger partial charge in [0.25, 0.3) is 0 Å². The molecule has 0 aliphatic carbocycles. The summed E-state index contributed by atoms with van der Waals surface area (Å²) in [6.45, 7) is 6.93. The number of nitrogens with one attached hydrogen (secondary N) is 2. The Balaban J connectivity index is 2.38. The molecule has 2 atom stereocenters. The van der Waals surface area contributed by atoms with Gasteiger partial charge < -0.3 is 20.1 Å². The van der Waals surface area contributed by atoms with E-state index in [0.29, 0.717) is 13.0 Å². The lowest BCUT2D eigenvalue weighted by Gasteiger charge is -2.30. The molecular weight excluding hydrogens is 248 g/mol. The van der Waals surface area contributed by atoms with Crippen LogP contribution in [0.5, 0.6) is 0 Å². The molecule has 0 aromatic heterocycles. The van der Waals surface area contributed by atoms with Crippen LogP contribution in [-0.4, -0.2) is 43.9 Å². The SMILES string of the molecule is COC(=O)CC1CNCC(NC(=O)OC(C)(C)C)C1. The van der Waals surface area contributed by atoms with E-state index >= 15 is 0 Å². The number of hydrogen-bond donors (Lipinski definition) is 2. The largest absolute Gasteiger partial charge is 0.469 e. The van der Waals surface area contributed by atoms with E-state index in [-0.39, 0.29) is 17.9 Å². The van der Waals surface area contributed by atoms with Gasteiger partial charge in [0, 0.05) is 19.0 Å². The number of amides is 1. The van der Waals surface area contributed by atoms with Crippen molar-refractivity contribution in [2.75, 3.05) is 20.2 Å². The van der Waals surface area contributed by atoms with E-state index < -0.39 is 11.7 Å². The van der Waals surface area contributed by atoms with Crippen LogP contribution < -0.4 is 10.6 Å². The first-order valence-corrected chi connectivity index (χ1v) is 6.57. The molecule has 0 aromatic carbocycles. The van der Waals surface area contributed by atoms with Crippen LogP contribution in [0.3, 0.4) is 0 Å². The van der Waals surface area contributed by atoms with Crippen molar-refractivity contribution in [3.8, 4) is 0 Å². The highest BCUT2D eigenvalue weighted by atomic mass is 16.6. The van der Waals surface area contributed by atoms with E-state index in [1.165, 1.54) is 7.11 Å². The Morgan fingerprint density at radius 1 is 1.32 bits per heavy atom. The van der Waals surface area contributed by atoms with Crippen LogP contribution in [0.1, 0.15) is 33.6 Å². The second kappa shape index (κ2) is 6.75. The molecule has 6 heteroatoms. The highest BCUT2D eigenvalue weighted by Gasteiger charge is 2.26. The number of esters is 1. The van der Waals surface area contributed by atoms with Gasteiger partial charge in [-0.15, -0.1) is 0 Å². The lowest BCUT2D eigenvalue weighted by molar-refractivity contribution is -0.141. The van der Waals surface area contributed by atoms with Crippen LogP contribution in [0.2, 0.25) is 0 Å². The number of hydrogen-bond acceptors (Lipinski definition) is 5. The number of methoxy groups -OCH3 is 1. The monoisotopic (exact) mass is 272 g/mol. The molecule has 2 unspecified atom stereocenters. The number of piperidine rings is 1. The standard InChI is InChI=1S/C13H24N2O4/c1-13(2,3)19-12(17)15-10-5-9(7-14-8-10)6-11(16)18-4/h9-10,14H,5-8H2,1-4H3,(H,15,17). The minimum absolute atomic E-state index is 0.0155. The summed E-state index contributed by atoms with van der Waals surface area (Å²) in [4.78, 5) is 22.9. The maximum atomic E-state index is 11.7. The molecule has 0 bridgehead atoms. The van der Waals surface area contributed by atoms with Crippen LogP contribution in [0, 0.1) is 5.92 Å². The minimum Gasteiger partial charge on any atom is -0.469 e. The smallest absolute Gasteiger partial charge is 0.407 e. The van der Waals surface area contributed by atoms with E-state index in [1.807, 2.05) is 20.8 Å². The van der Waals surface area contributed by atoms with Gasteiger partial charge in [-0.2, -0.15) is 0 Å². The third kappa shape index (κ3) is 6.42. The second-order valence-corrected chi connectivity index (χ2v) is 5.88. The zero-order valence-corrected chi connectivity index (χ0v) is 12.1. The Morgan fingerprint density at radius 3 is 2.58 bits per heavy atom. The molecule has 1 fully saturated rings. The average Bonchev–Trinajstić information content (AvgIpc) is 2.26. The first-order valence-electron chi connectivity index (χ1n) is 6.57. The number of carbonyl (C=O) groups excluding carboxylic acids is 2. The molecule has 0 aromatic rings. The molecule has 1 aliphatic rings. The van der Waals surface area contributed by atoms with Gasteiger partial charge in [-0.25, -0.2) is 4.79 Å². The lowest BCUT2D eigenvalue weighted by Crippen LogP contribution is -2.50. The molecular formula is C13H24N2O4. The Morgan fingerprint density at radius 2 is 2.00 bits per heavy atom. The van der Waals surface area contributed by atoms with Crippen LogP contribution in [-0.2, 0) is 14.3 Å². The van der Waals surface area contributed by atoms with Crippen molar-refractivity contribution < 1.29 is 19.1 Å². The third-order valence-corrected chi connectivity index (χ3v) is 2.85. The van der Waals surface area contributed by atoms with Gasteiger partial charge in [0.2, 0.25) is 0 Å². The quantitative estimate of drug-likeness (QED) is 0.751. The van der Waals surface area contributed by atoms with E-state index in [2.05, 4.69) is 15.4 Å². The molecule has 2 N–H and O–H groups in total. The Bertz CT molecular complexity index is 325. The number of carbonyl (C=O) groups is 2. The number of alkyl carbamates (subject to hydrolysis) is 1. The molecule has 1 aliphatic heterocycles. The van der Waals surface area contributed by atoms with Crippen LogP contribution in [0.4, 0.5) is 4.79 Å². The highest BCUT2D eigenvalue weighted by Crippen LogP contribution is 2.16. The average molecular weight is 272 g/mol. The summed E-state index contributed by atoms with van der Waals surface area (Å²) in [7, 11) is 1.38. The summed E-state index contributed by atoms with van der Waals surface area (Å²) in [5, 5.41) is 6.03. The molecule has 19 heavy (non-hydrogen) atoms. The molecule has 6 nitrogen and oxygen atoms in total. The predicted octanol–water partition coefficient (Wildman–Crippen LogP) is 1.05. The minimum atomic E-state index is -0.502. The van der Waals surface area contributed by atoms with E-state index in [9.17, 15) is 9.59 Å². The van der Waals surface area contributed by atoms with Crippen molar-refractivity contribution in [1.82, 2.24) is 10.6 Å². The van der Waals surface area contributed by atoms with Crippen molar-refractivity contribution >= 4 is 12.1 Å².